The summed E-state index contributed by atoms with van der Waals surface area (Å²) in [4.78, 5) is 2.37. The first-order valence-electron chi connectivity index (χ1n) is 6.72. The molecule has 0 aliphatic carbocycles. The number of halogens is 1. The number of nitrogens with one attached hydrogen (secondary N) is 1. The van der Waals surface area contributed by atoms with Crippen molar-refractivity contribution in [2.45, 2.75) is 11.5 Å². The van der Waals surface area contributed by atoms with Gasteiger partial charge in [-0.05, 0) is 17.7 Å². The number of rotatable bonds is 6. The summed E-state index contributed by atoms with van der Waals surface area (Å²) in [7, 11) is -3.56. The predicted molar refractivity (Wildman–Crippen MR) is 86.3 cm³/mol. The monoisotopic (exact) mass is 350 g/mol. The number of hydrogen-bond donors (Lipinski definition) is 2. The third-order valence-electron chi connectivity index (χ3n) is 3.33. The van der Waals surface area contributed by atoms with Gasteiger partial charge in [0.1, 0.15) is 0 Å². The van der Waals surface area contributed by atoms with Gasteiger partial charge in [-0.1, -0.05) is 17.7 Å². The third kappa shape index (κ3) is 4.84. The van der Waals surface area contributed by atoms with E-state index in [1.54, 1.807) is 0 Å². The minimum absolute atomic E-state index is 0.124. The smallest absolute Gasteiger partial charge is 0.240 e. The Bertz CT molecular complexity index is 575. The molecule has 0 aromatic heterocycles. The standard InChI is InChI=1S/C13H19ClN2O3S2/c14-13-9-12(2-1-11(13)10-17)21(18,19)15-3-4-16-5-7-20-8-6-16/h1-2,9,15,17H,3-8,10H2. The Balaban J connectivity index is 1.93. The lowest BCUT2D eigenvalue weighted by Crippen LogP contribution is -2.39. The lowest BCUT2D eigenvalue weighted by atomic mass is 10.2. The SMILES string of the molecule is O=S(=O)(NCCN1CCSCC1)c1ccc(CO)c(Cl)c1. The molecule has 5 nitrogen and oxygen atoms in total. The fraction of sp³-hybridized carbons (Fsp3) is 0.538. The molecule has 1 aliphatic heterocycles. The Hall–Kier alpha value is -0.310. The highest BCUT2D eigenvalue weighted by Gasteiger charge is 2.16. The number of aliphatic hydroxyl groups excluding tert-OH is 1. The van der Waals surface area contributed by atoms with Crippen LogP contribution in [0.2, 0.25) is 5.02 Å². The molecule has 1 saturated heterocycles. The largest absolute Gasteiger partial charge is 0.392 e. The van der Waals surface area contributed by atoms with Gasteiger partial charge in [0, 0.05) is 42.7 Å². The van der Waals surface area contributed by atoms with Gasteiger partial charge in [0.15, 0.2) is 0 Å². The van der Waals surface area contributed by atoms with Crippen LogP contribution in [0.25, 0.3) is 0 Å². The minimum atomic E-state index is -3.56. The molecule has 1 aromatic rings. The van der Waals surface area contributed by atoms with Gasteiger partial charge in [-0.3, -0.25) is 0 Å². The van der Waals surface area contributed by atoms with E-state index in [9.17, 15) is 8.42 Å². The molecule has 1 heterocycles. The Labute approximate surface area is 134 Å². The molecule has 21 heavy (non-hydrogen) atoms. The first kappa shape index (κ1) is 17.1. The summed E-state index contributed by atoms with van der Waals surface area (Å²) in [5, 5.41) is 9.30. The maximum Gasteiger partial charge on any atom is 0.240 e. The van der Waals surface area contributed by atoms with Crippen molar-refractivity contribution in [3.8, 4) is 0 Å². The summed E-state index contributed by atoms with van der Waals surface area (Å²) in [6.45, 7) is 2.89. The Morgan fingerprint density at radius 1 is 1.33 bits per heavy atom. The van der Waals surface area contributed by atoms with Crippen molar-refractivity contribution < 1.29 is 13.5 Å². The zero-order valence-corrected chi connectivity index (χ0v) is 14.0. The van der Waals surface area contributed by atoms with E-state index in [1.165, 1.54) is 18.2 Å². The number of thioether (sulfide) groups is 1. The topological polar surface area (TPSA) is 69.6 Å². The van der Waals surface area contributed by atoms with E-state index < -0.39 is 10.0 Å². The highest BCUT2D eigenvalue weighted by atomic mass is 35.5. The van der Waals surface area contributed by atoms with E-state index in [1.807, 2.05) is 11.8 Å². The van der Waals surface area contributed by atoms with E-state index in [-0.39, 0.29) is 16.5 Å². The first-order chi connectivity index (χ1) is 10.0. The molecule has 2 N–H and O–H groups in total. The van der Waals surface area contributed by atoms with Crippen LogP contribution in [0, 0.1) is 0 Å². The van der Waals surface area contributed by atoms with Crippen LogP contribution in [0.4, 0.5) is 0 Å². The van der Waals surface area contributed by atoms with Gasteiger partial charge in [-0.25, -0.2) is 13.1 Å². The molecule has 1 aromatic carbocycles. The zero-order valence-electron chi connectivity index (χ0n) is 11.6. The second-order valence-electron chi connectivity index (χ2n) is 4.76. The molecule has 1 aliphatic rings. The molecule has 0 unspecified atom stereocenters. The van der Waals surface area contributed by atoms with Gasteiger partial charge in [0.2, 0.25) is 10.0 Å². The Kier molecular flexibility index (Phi) is 6.34. The summed E-state index contributed by atoms with van der Waals surface area (Å²) in [6.07, 6.45) is 0. The van der Waals surface area contributed by atoms with Crippen molar-refractivity contribution in [1.82, 2.24) is 9.62 Å². The molecule has 0 atom stereocenters. The highest BCUT2D eigenvalue weighted by molar-refractivity contribution is 7.99. The van der Waals surface area contributed by atoms with E-state index in [2.05, 4.69) is 9.62 Å². The van der Waals surface area contributed by atoms with Crippen LogP contribution in [0.5, 0.6) is 0 Å². The Morgan fingerprint density at radius 2 is 2.05 bits per heavy atom. The number of benzene rings is 1. The van der Waals surface area contributed by atoms with Crippen molar-refractivity contribution in [2.75, 3.05) is 37.7 Å². The molecule has 118 valence electrons. The maximum absolute atomic E-state index is 12.2. The van der Waals surface area contributed by atoms with Crippen LogP contribution in [0.3, 0.4) is 0 Å². The van der Waals surface area contributed by atoms with Crippen molar-refractivity contribution in [1.29, 1.82) is 0 Å². The average Bonchev–Trinajstić information content (AvgIpc) is 2.48. The molecule has 2 rings (SSSR count). The maximum atomic E-state index is 12.2. The van der Waals surface area contributed by atoms with Crippen molar-refractivity contribution >= 4 is 33.4 Å². The number of nitrogens with zero attached hydrogens (tertiary/aromatic N) is 1. The lowest BCUT2D eigenvalue weighted by Gasteiger charge is -2.25. The van der Waals surface area contributed by atoms with Gasteiger partial charge in [-0.15, -0.1) is 0 Å². The molecule has 0 amide bonds. The molecule has 0 saturated carbocycles. The first-order valence-corrected chi connectivity index (χ1v) is 9.73. The summed E-state index contributed by atoms with van der Waals surface area (Å²) in [5.41, 5.74) is 0.515. The molecular formula is C13H19ClN2O3S2. The summed E-state index contributed by atoms with van der Waals surface area (Å²) in [5.74, 6) is 2.20. The average molecular weight is 351 g/mol. The van der Waals surface area contributed by atoms with Gasteiger partial charge in [-0.2, -0.15) is 11.8 Å². The molecule has 0 radical (unpaired) electrons. The van der Waals surface area contributed by atoms with E-state index in [0.29, 0.717) is 18.7 Å². The fourth-order valence-electron chi connectivity index (χ4n) is 2.07. The zero-order chi connectivity index (χ0) is 15.3. The van der Waals surface area contributed by atoms with Crippen LogP contribution in [-0.2, 0) is 16.6 Å². The number of hydrogen-bond acceptors (Lipinski definition) is 5. The van der Waals surface area contributed by atoms with E-state index >= 15 is 0 Å². The minimum Gasteiger partial charge on any atom is -0.392 e. The molecule has 8 heteroatoms. The normalized spacial score (nSPS) is 17.0. The van der Waals surface area contributed by atoms with Crippen molar-refractivity contribution in [3.63, 3.8) is 0 Å². The van der Waals surface area contributed by atoms with Crippen LogP contribution in [0.15, 0.2) is 23.1 Å². The summed E-state index contributed by atoms with van der Waals surface area (Å²) >= 11 is 7.85. The van der Waals surface area contributed by atoms with E-state index in [4.69, 9.17) is 16.7 Å². The van der Waals surface area contributed by atoms with Gasteiger partial charge < -0.3 is 10.0 Å². The quantitative estimate of drug-likeness (QED) is 0.805. The predicted octanol–water partition coefficient (Wildman–Crippen LogP) is 1.16. The van der Waals surface area contributed by atoms with E-state index in [0.717, 1.165) is 24.6 Å². The van der Waals surface area contributed by atoms with Gasteiger partial charge >= 0.3 is 0 Å². The molecule has 0 bridgehead atoms. The molecule has 1 fully saturated rings. The number of aliphatic hydroxyl groups is 1. The fourth-order valence-corrected chi connectivity index (χ4v) is 4.40. The molecular weight excluding hydrogens is 332 g/mol. The van der Waals surface area contributed by atoms with Crippen molar-refractivity contribution in [3.05, 3.63) is 28.8 Å². The van der Waals surface area contributed by atoms with Crippen LogP contribution >= 0.6 is 23.4 Å². The van der Waals surface area contributed by atoms with Crippen LogP contribution in [0.1, 0.15) is 5.56 Å². The van der Waals surface area contributed by atoms with Crippen LogP contribution < -0.4 is 4.72 Å². The second-order valence-corrected chi connectivity index (χ2v) is 8.16. The molecule has 0 spiro atoms. The summed E-state index contributed by atoms with van der Waals surface area (Å²) in [6, 6.07) is 4.35. The van der Waals surface area contributed by atoms with Crippen LogP contribution in [-0.4, -0.2) is 56.1 Å². The number of sulfonamides is 1. The van der Waals surface area contributed by atoms with Gasteiger partial charge in [0.25, 0.3) is 0 Å². The second kappa shape index (κ2) is 7.80. The lowest BCUT2D eigenvalue weighted by molar-refractivity contribution is 0.282. The van der Waals surface area contributed by atoms with Gasteiger partial charge in [0.05, 0.1) is 11.5 Å². The Morgan fingerprint density at radius 3 is 2.67 bits per heavy atom. The summed E-state index contributed by atoms with van der Waals surface area (Å²) < 4.78 is 26.9. The van der Waals surface area contributed by atoms with Crippen molar-refractivity contribution in [2.24, 2.45) is 0 Å². The highest BCUT2D eigenvalue weighted by Crippen LogP contribution is 2.20. The third-order valence-corrected chi connectivity index (χ3v) is 6.08.